The maximum absolute atomic E-state index is 12.6. The minimum atomic E-state index is 0.0130. The molecule has 1 aromatic carbocycles. The summed E-state index contributed by atoms with van der Waals surface area (Å²) in [4.78, 5) is 23.2. The summed E-state index contributed by atoms with van der Waals surface area (Å²) in [6.07, 6.45) is 5.44. The van der Waals surface area contributed by atoms with Crippen molar-refractivity contribution in [3.63, 3.8) is 0 Å². The lowest BCUT2D eigenvalue weighted by atomic mass is 10.0. The van der Waals surface area contributed by atoms with E-state index < -0.39 is 0 Å². The van der Waals surface area contributed by atoms with Crippen LogP contribution in [-0.2, 0) is 0 Å². The average Bonchev–Trinajstić information content (AvgIpc) is 2.63. The first-order valence-corrected chi connectivity index (χ1v) is 8.36. The van der Waals surface area contributed by atoms with E-state index >= 15 is 0 Å². The fourth-order valence-corrected chi connectivity index (χ4v) is 2.57. The zero-order valence-electron chi connectivity index (χ0n) is 14.2. The van der Waals surface area contributed by atoms with Gasteiger partial charge >= 0.3 is 0 Å². The van der Waals surface area contributed by atoms with Gasteiger partial charge in [0.05, 0.1) is 5.56 Å². The van der Waals surface area contributed by atoms with E-state index in [4.69, 9.17) is 0 Å². The molecule has 1 aromatic heterocycles. The quantitative estimate of drug-likeness (QED) is 0.775. The highest BCUT2D eigenvalue weighted by Gasteiger charge is 2.18. The van der Waals surface area contributed by atoms with Gasteiger partial charge in [0, 0.05) is 31.0 Å². The molecule has 1 heterocycles. The summed E-state index contributed by atoms with van der Waals surface area (Å²) < 4.78 is 0. The van der Waals surface area contributed by atoms with Crippen LogP contribution in [-0.4, -0.2) is 33.9 Å². The molecule has 0 atom stereocenters. The predicted octanol–water partition coefficient (Wildman–Crippen LogP) is 4.04. The van der Waals surface area contributed by atoms with E-state index in [-0.39, 0.29) is 5.91 Å². The normalized spacial score (nSPS) is 10.8. The summed E-state index contributed by atoms with van der Waals surface area (Å²) in [5.41, 5.74) is 1.51. The third-order valence-corrected chi connectivity index (χ3v) is 4.23. The molecule has 0 aliphatic rings. The van der Waals surface area contributed by atoms with Gasteiger partial charge in [-0.15, -0.1) is 0 Å². The van der Waals surface area contributed by atoms with Crippen LogP contribution in [0.3, 0.4) is 0 Å². The summed E-state index contributed by atoms with van der Waals surface area (Å²) in [5.74, 6) is 1.20. The Hall–Kier alpha value is -2.23. The van der Waals surface area contributed by atoms with Crippen molar-refractivity contribution in [2.24, 2.45) is 5.92 Å². The van der Waals surface area contributed by atoms with Gasteiger partial charge in [0.1, 0.15) is 0 Å². The molecule has 0 saturated carbocycles. The van der Waals surface area contributed by atoms with Crippen LogP contribution in [0.5, 0.6) is 0 Å². The number of carbonyl (C=O) groups excluding carboxylic acids is 1. The Bertz CT molecular complexity index is 606. The van der Waals surface area contributed by atoms with Crippen LogP contribution in [0.15, 0.2) is 42.7 Å². The van der Waals surface area contributed by atoms with Gasteiger partial charge in [-0.2, -0.15) is 0 Å². The second kappa shape index (κ2) is 8.42. The van der Waals surface area contributed by atoms with Gasteiger partial charge < -0.3 is 4.90 Å². The smallest absolute Gasteiger partial charge is 0.256 e. The lowest BCUT2D eigenvalue weighted by Crippen LogP contribution is -2.35. The van der Waals surface area contributed by atoms with E-state index in [9.17, 15) is 4.79 Å². The molecule has 2 rings (SSSR count). The molecule has 0 fully saturated rings. The first-order valence-electron chi connectivity index (χ1n) is 8.36. The Balaban J connectivity index is 2.12. The topological polar surface area (TPSA) is 46.1 Å². The molecule has 2 aromatic rings. The minimum absolute atomic E-state index is 0.0130. The molecule has 0 aliphatic heterocycles. The molecule has 0 saturated heterocycles. The first kappa shape index (κ1) is 17.1. The third kappa shape index (κ3) is 4.38. The van der Waals surface area contributed by atoms with Crippen LogP contribution in [0.2, 0.25) is 0 Å². The van der Waals surface area contributed by atoms with E-state index in [0.29, 0.717) is 23.9 Å². The monoisotopic (exact) mass is 311 g/mol. The van der Waals surface area contributed by atoms with E-state index in [0.717, 1.165) is 24.9 Å². The van der Waals surface area contributed by atoms with Crippen LogP contribution < -0.4 is 0 Å². The number of hydrogen-bond acceptors (Lipinski definition) is 3. The van der Waals surface area contributed by atoms with Crippen molar-refractivity contribution in [2.45, 2.75) is 33.6 Å². The minimum Gasteiger partial charge on any atom is -0.339 e. The summed E-state index contributed by atoms with van der Waals surface area (Å²) in [5, 5.41) is 0. The van der Waals surface area contributed by atoms with Gasteiger partial charge in [0.15, 0.2) is 5.82 Å². The molecule has 0 aliphatic carbocycles. The van der Waals surface area contributed by atoms with Crippen LogP contribution in [0.4, 0.5) is 0 Å². The molecule has 23 heavy (non-hydrogen) atoms. The molecule has 0 bridgehead atoms. The van der Waals surface area contributed by atoms with Crippen LogP contribution in [0.25, 0.3) is 11.4 Å². The Labute approximate surface area is 138 Å². The van der Waals surface area contributed by atoms with Gasteiger partial charge in [0.2, 0.25) is 0 Å². The van der Waals surface area contributed by atoms with Crippen molar-refractivity contribution in [3.8, 4) is 11.4 Å². The summed E-state index contributed by atoms with van der Waals surface area (Å²) >= 11 is 0. The number of benzene rings is 1. The Kier molecular flexibility index (Phi) is 6.27. The second-order valence-electron chi connectivity index (χ2n) is 5.69. The Morgan fingerprint density at radius 3 is 2.17 bits per heavy atom. The van der Waals surface area contributed by atoms with Gasteiger partial charge in [0.25, 0.3) is 5.91 Å². The molecule has 0 N–H and O–H groups in total. The SMILES string of the molecule is CCC(CC)CN(CC)C(=O)c1cnc(-c2ccccc2)nc1. The van der Waals surface area contributed by atoms with Crippen molar-refractivity contribution in [3.05, 3.63) is 48.3 Å². The van der Waals surface area contributed by atoms with Crippen LogP contribution >= 0.6 is 0 Å². The molecule has 0 radical (unpaired) electrons. The number of nitrogens with zero attached hydrogens (tertiary/aromatic N) is 3. The molecular weight excluding hydrogens is 286 g/mol. The first-order chi connectivity index (χ1) is 11.2. The zero-order chi connectivity index (χ0) is 16.7. The van der Waals surface area contributed by atoms with Crippen molar-refractivity contribution >= 4 is 5.91 Å². The number of amides is 1. The highest BCUT2D eigenvalue weighted by molar-refractivity contribution is 5.93. The highest BCUT2D eigenvalue weighted by Crippen LogP contribution is 2.15. The molecule has 1 amide bonds. The Morgan fingerprint density at radius 2 is 1.65 bits per heavy atom. The van der Waals surface area contributed by atoms with Gasteiger partial charge in [-0.05, 0) is 12.8 Å². The number of aromatic nitrogens is 2. The molecule has 0 spiro atoms. The predicted molar refractivity (Wildman–Crippen MR) is 93.1 cm³/mol. The van der Waals surface area contributed by atoms with Crippen LogP contribution in [0.1, 0.15) is 44.0 Å². The van der Waals surface area contributed by atoms with Crippen molar-refractivity contribution < 1.29 is 4.79 Å². The third-order valence-electron chi connectivity index (χ3n) is 4.23. The standard InChI is InChI=1S/C19H25N3O/c1-4-15(5-2)14-22(6-3)19(23)17-12-20-18(21-13-17)16-10-8-7-9-11-16/h7-13,15H,4-6,14H2,1-3H3. The molecule has 0 unspecified atom stereocenters. The fourth-order valence-electron chi connectivity index (χ4n) is 2.57. The lowest BCUT2D eigenvalue weighted by Gasteiger charge is -2.25. The number of carbonyl (C=O) groups is 1. The number of hydrogen-bond donors (Lipinski definition) is 0. The molecular formula is C19H25N3O. The molecule has 4 heteroatoms. The van der Waals surface area contributed by atoms with Crippen molar-refractivity contribution in [2.75, 3.05) is 13.1 Å². The van der Waals surface area contributed by atoms with Gasteiger partial charge in [-0.1, -0.05) is 57.0 Å². The average molecular weight is 311 g/mol. The maximum Gasteiger partial charge on any atom is 0.256 e. The summed E-state index contributed by atoms with van der Waals surface area (Å²) in [7, 11) is 0. The van der Waals surface area contributed by atoms with Crippen molar-refractivity contribution in [1.29, 1.82) is 0 Å². The fraction of sp³-hybridized carbons (Fsp3) is 0.421. The number of rotatable bonds is 7. The molecule has 122 valence electrons. The lowest BCUT2D eigenvalue weighted by molar-refractivity contribution is 0.0734. The van der Waals surface area contributed by atoms with E-state index in [2.05, 4.69) is 23.8 Å². The maximum atomic E-state index is 12.6. The summed E-state index contributed by atoms with van der Waals surface area (Å²) in [6, 6.07) is 9.78. The van der Waals surface area contributed by atoms with Crippen LogP contribution in [0, 0.1) is 5.92 Å². The summed E-state index contributed by atoms with van der Waals surface area (Å²) in [6.45, 7) is 7.85. The van der Waals surface area contributed by atoms with Gasteiger partial charge in [-0.3, -0.25) is 4.79 Å². The second-order valence-corrected chi connectivity index (χ2v) is 5.69. The largest absolute Gasteiger partial charge is 0.339 e. The highest BCUT2D eigenvalue weighted by atomic mass is 16.2. The molecule has 4 nitrogen and oxygen atoms in total. The zero-order valence-corrected chi connectivity index (χ0v) is 14.2. The van der Waals surface area contributed by atoms with E-state index in [1.807, 2.05) is 42.2 Å². The van der Waals surface area contributed by atoms with Gasteiger partial charge in [-0.25, -0.2) is 9.97 Å². The van der Waals surface area contributed by atoms with E-state index in [1.165, 1.54) is 0 Å². The Morgan fingerprint density at radius 1 is 1.04 bits per heavy atom. The van der Waals surface area contributed by atoms with Crippen molar-refractivity contribution in [1.82, 2.24) is 14.9 Å². The van der Waals surface area contributed by atoms with E-state index in [1.54, 1.807) is 12.4 Å².